The smallest absolute Gasteiger partial charge is 0.264 e. The Morgan fingerprint density at radius 3 is 2.12 bits per heavy atom. The Morgan fingerprint density at radius 2 is 1.50 bits per heavy atom. The third-order valence-corrected chi connectivity index (χ3v) is 7.92. The summed E-state index contributed by atoms with van der Waals surface area (Å²) in [5.74, 6) is 1.66. The molecule has 1 aliphatic rings. The van der Waals surface area contributed by atoms with Crippen LogP contribution in [0.25, 0.3) is 0 Å². The topological polar surface area (TPSA) is 66.9 Å². The van der Waals surface area contributed by atoms with Crippen molar-refractivity contribution in [2.45, 2.75) is 31.6 Å². The molecular weight excluding hydrogens is 448 g/mol. The van der Waals surface area contributed by atoms with Gasteiger partial charge in [0.1, 0.15) is 18.0 Å². The molecule has 178 valence electrons. The molecule has 1 amide bonds. The first-order valence-corrected chi connectivity index (χ1v) is 13.0. The highest BCUT2D eigenvalue weighted by molar-refractivity contribution is 7.92. The lowest BCUT2D eigenvalue weighted by Gasteiger charge is -2.32. The number of anilines is 1. The van der Waals surface area contributed by atoms with Crippen molar-refractivity contribution in [1.82, 2.24) is 4.90 Å². The van der Waals surface area contributed by atoms with Crippen LogP contribution < -0.4 is 9.04 Å². The van der Waals surface area contributed by atoms with Crippen molar-refractivity contribution in [3.05, 3.63) is 84.4 Å². The Balaban J connectivity index is 1.61. The number of likely N-dealkylation sites (tertiary alicyclic amines) is 1. The van der Waals surface area contributed by atoms with Gasteiger partial charge in [-0.15, -0.1) is 0 Å². The predicted octanol–water partition coefficient (Wildman–Crippen LogP) is 5.24. The molecule has 0 bridgehead atoms. The van der Waals surface area contributed by atoms with Crippen LogP contribution in [0.5, 0.6) is 11.5 Å². The van der Waals surface area contributed by atoms with Crippen LogP contribution in [0.3, 0.4) is 0 Å². The maximum atomic E-state index is 13.6. The summed E-state index contributed by atoms with van der Waals surface area (Å²) in [6.07, 6.45) is 1.87. The molecule has 1 saturated heterocycles. The number of amides is 1. The predicted molar refractivity (Wildman–Crippen MR) is 134 cm³/mol. The summed E-state index contributed by atoms with van der Waals surface area (Å²) < 4.78 is 34.3. The van der Waals surface area contributed by atoms with Gasteiger partial charge in [0, 0.05) is 13.1 Å². The monoisotopic (exact) mass is 478 g/mol. The van der Waals surface area contributed by atoms with Gasteiger partial charge in [0.25, 0.3) is 10.0 Å². The molecule has 1 fully saturated rings. The van der Waals surface area contributed by atoms with Crippen LogP contribution in [-0.2, 0) is 14.8 Å². The lowest BCUT2D eigenvalue weighted by Crippen LogP contribution is -2.45. The largest absolute Gasteiger partial charge is 0.457 e. The summed E-state index contributed by atoms with van der Waals surface area (Å²) in [5.41, 5.74) is 1.38. The maximum absolute atomic E-state index is 13.6. The number of carbonyl (C=O) groups is 1. The lowest BCUT2D eigenvalue weighted by atomic mass is 9.99. The number of rotatable bonds is 7. The normalized spacial score (nSPS) is 14.6. The summed E-state index contributed by atoms with van der Waals surface area (Å²) in [6.45, 7) is 5.14. The van der Waals surface area contributed by atoms with Crippen molar-refractivity contribution in [3.8, 4) is 11.5 Å². The molecule has 0 atom stereocenters. The van der Waals surface area contributed by atoms with E-state index in [1.54, 1.807) is 53.4 Å². The van der Waals surface area contributed by atoms with Gasteiger partial charge in [-0.25, -0.2) is 8.42 Å². The Kier molecular flexibility index (Phi) is 7.22. The van der Waals surface area contributed by atoms with Crippen molar-refractivity contribution in [3.63, 3.8) is 0 Å². The zero-order valence-corrected chi connectivity index (χ0v) is 20.4. The molecule has 34 heavy (non-hydrogen) atoms. The minimum atomic E-state index is -3.94. The highest BCUT2D eigenvalue weighted by atomic mass is 32.2. The number of nitrogens with zero attached hydrogens (tertiary/aromatic N) is 2. The number of benzene rings is 3. The Bertz CT molecular complexity index is 1200. The van der Waals surface area contributed by atoms with Gasteiger partial charge in [-0.3, -0.25) is 9.10 Å². The molecule has 0 unspecified atom stereocenters. The average Bonchev–Trinajstić information content (AvgIpc) is 2.84. The molecule has 6 nitrogen and oxygen atoms in total. The molecule has 3 aromatic rings. The van der Waals surface area contributed by atoms with Crippen molar-refractivity contribution in [2.24, 2.45) is 5.92 Å². The Morgan fingerprint density at radius 1 is 0.912 bits per heavy atom. The first-order valence-electron chi connectivity index (χ1n) is 11.5. The van der Waals surface area contributed by atoms with E-state index in [1.165, 1.54) is 4.31 Å². The quantitative estimate of drug-likeness (QED) is 0.466. The van der Waals surface area contributed by atoms with Gasteiger partial charge in [0.2, 0.25) is 5.91 Å². The van der Waals surface area contributed by atoms with Crippen LogP contribution in [0, 0.1) is 12.8 Å². The number of piperidine rings is 1. The van der Waals surface area contributed by atoms with E-state index in [0.717, 1.165) is 18.4 Å². The number of sulfonamides is 1. The summed E-state index contributed by atoms with van der Waals surface area (Å²) in [7, 11) is -3.94. The molecule has 3 aromatic carbocycles. The van der Waals surface area contributed by atoms with Gasteiger partial charge >= 0.3 is 0 Å². The third kappa shape index (κ3) is 5.59. The van der Waals surface area contributed by atoms with Crippen molar-refractivity contribution in [2.75, 3.05) is 23.9 Å². The number of ether oxygens (including phenoxy) is 1. The maximum Gasteiger partial charge on any atom is 0.264 e. The number of carbonyl (C=O) groups excluding carboxylic acids is 1. The second-order valence-electron chi connectivity index (χ2n) is 8.80. The fraction of sp³-hybridized carbons (Fsp3) is 0.296. The van der Waals surface area contributed by atoms with E-state index in [-0.39, 0.29) is 17.3 Å². The van der Waals surface area contributed by atoms with Gasteiger partial charge < -0.3 is 9.64 Å². The van der Waals surface area contributed by atoms with Crippen LogP contribution in [0.2, 0.25) is 0 Å². The Labute approximate surface area is 201 Å². The van der Waals surface area contributed by atoms with E-state index in [4.69, 9.17) is 4.74 Å². The third-order valence-electron chi connectivity index (χ3n) is 6.13. The fourth-order valence-corrected chi connectivity index (χ4v) is 5.35. The summed E-state index contributed by atoms with van der Waals surface area (Å²) >= 11 is 0. The van der Waals surface area contributed by atoms with Gasteiger partial charge in [-0.05, 0) is 74.2 Å². The van der Waals surface area contributed by atoms with E-state index < -0.39 is 10.0 Å². The van der Waals surface area contributed by atoms with Crippen LogP contribution >= 0.6 is 0 Å². The highest BCUT2D eigenvalue weighted by Gasteiger charge is 2.30. The SMILES string of the molecule is Cc1ccc(S(=O)(=O)N(CC(=O)N2CCC(C)CC2)c2ccc(Oc3ccccc3)cc2)cc1. The molecule has 0 aliphatic carbocycles. The molecule has 0 saturated carbocycles. The molecule has 1 aliphatic heterocycles. The lowest BCUT2D eigenvalue weighted by molar-refractivity contribution is -0.130. The van der Waals surface area contributed by atoms with Crippen molar-refractivity contribution in [1.29, 1.82) is 0 Å². The van der Waals surface area contributed by atoms with E-state index >= 15 is 0 Å². The number of hydrogen-bond acceptors (Lipinski definition) is 4. The molecular formula is C27H30N2O4S. The van der Waals surface area contributed by atoms with E-state index in [0.29, 0.717) is 36.2 Å². The first-order chi connectivity index (χ1) is 16.3. The summed E-state index contributed by atoms with van der Waals surface area (Å²) in [6, 6.07) is 22.8. The summed E-state index contributed by atoms with van der Waals surface area (Å²) in [4.78, 5) is 15.0. The second-order valence-corrected chi connectivity index (χ2v) is 10.7. The van der Waals surface area contributed by atoms with Gasteiger partial charge in [-0.2, -0.15) is 0 Å². The molecule has 0 radical (unpaired) electrons. The van der Waals surface area contributed by atoms with Crippen LogP contribution in [0.4, 0.5) is 5.69 Å². The fourth-order valence-electron chi connectivity index (χ4n) is 3.94. The molecule has 0 spiro atoms. The minimum absolute atomic E-state index is 0.155. The van der Waals surface area contributed by atoms with E-state index in [2.05, 4.69) is 6.92 Å². The van der Waals surface area contributed by atoms with Gasteiger partial charge in [0.05, 0.1) is 10.6 Å². The van der Waals surface area contributed by atoms with Crippen molar-refractivity contribution < 1.29 is 17.9 Å². The molecule has 7 heteroatoms. The molecule has 1 heterocycles. The molecule has 0 N–H and O–H groups in total. The second kappa shape index (κ2) is 10.3. The van der Waals surface area contributed by atoms with Gasteiger partial charge in [-0.1, -0.05) is 42.8 Å². The minimum Gasteiger partial charge on any atom is -0.457 e. The standard InChI is InChI=1S/C27H30N2O4S/c1-21-8-14-26(15-9-21)34(31,32)29(20-27(30)28-18-16-22(2)17-19-28)23-10-12-25(13-11-23)33-24-6-4-3-5-7-24/h3-15,22H,16-20H2,1-2H3. The number of para-hydroxylation sites is 1. The zero-order valence-electron chi connectivity index (χ0n) is 19.6. The first kappa shape index (κ1) is 23.8. The number of aryl methyl sites for hydroxylation is 1. The zero-order chi connectivity index (χ0) is 24.1. The van der Waals surface area contributed by atoms with Crippen LogP contribution in [0.15, 0.2) is 83.8 Å². The van der Waals surface area contributed by atoms with Crippen LogP contribution in [0.1, 0.15) is 25.3 Å². The highest BCUT2D eigenvalue weighted by Crippen LogP contribution is 2.28. The summed E-state index contributed by atoms with van der Waals surface area (Å²) in [5, 5.41) is 0. The van der Waals surface area contributed by atoms with E-state index in [1.807, 2.05) is 37.3 Å². The van der Waals surface area contributed by atoms with Gasteiger partial charge in [0.15, 0.2) is 0 Å². The number of hydrogen-bond donors (Lipinski definition) is 0. The van der Waals surface area contributed by atoms with E-state index in [9.17, 15) is 13.2 Å². The van der Waals surface area contributed by atoms with Crippen molar-refractivity contribution >= 4 is 21.6 Å². The Hall–Kier alpha value is -3.32. The molecule has 0 aromatic heterocycles. The average molecular weight is 479 g/mol. The van der Waals surface area contributed by atoms with Crippen LogP contribution in [-0.4, -0.2) is 38.9 Å². The molecule has 4 rings (SSSR count).